The van der Waals surface area contributed by atoms with Crippen molar-refractivity contribution in [3.8, 4) is 0 Å². The minimum Gasteiger partial charge on any atom is -0.465 e. The molecular weight excluding hydrogens is 361 g/mol. The van der Waals surface area contributed by atoms with Crippen LogP contribution in [0.5, 0.6) is 0 Å². The first-order chi connectivity index (χ1) is 11.6. The number of halogens is 3. The van der Waals surface area contributed by atoms with Gasteiger partial charge in [0.1, 0.15) is 0 Å². The first-order valence-corrected chi connectivity index (χ1v) is 8.99. The zero-order valence-electron chi connectivity index (χ0n) is 13.8. The third-order valence-corrected chi connectivity index (χ3v) is 5.94. The number of esters is 1. The Bertz CT molecular complexity index is 750. The number of carbonyl (C=O) groups excluding carboxylic acids is 1. The van der Waals surface area contributed by atoms with E-state index in [1.165, 1.54) is 4.31 Å². The van der Waals surface area contributed by atoms with Gasteiger partial charge >= 0.3 is 12.1 Å². The van der Waals surface area contributed by atoms with Crippen LogP contribution in [0.1, 0.15) is 22.3 Å². The Balaban J connectivity index is 2.41. The number of sulfonamides is 1. The van der Waals surface area contributed by atoms with Crippen molar-refractivity contribution in [2.75, 3.05) is 33.8 Å². The normalized spacial score (nSPS) is 19.2. The number of nitrogens with zero attached hydrogens (tertiary/aromatic N) is 1. The minimum atomic E-state index is -4.88. The van der Waals surface area contributed by atoms with Gasteiger partial charge in [-0.3, -0.25) is 0 Å². The van der Waals surface area contributed by atoms with Gasteiger partial charge in [-0.15, -0.1) is 0 Å². The molecule has 2 rings (SSSR count). The van der Waals surface area contributed by atoms with Crippen molar-refractivity contribution >= 4 is 16.0 Å². The van der Waals surface area contributed by atoms with Crippen LogP contribution in [-0.4, -0.2) is 52.5 Å². The summed E-state index contributed by atoms with van der Waals surface area (Å²) in [5.74, 6) is -1.07. The van der Waals surface area contributed by atoms with Crippen LogP contribution < -0.4 is 5.32 Å². The molecule has 1 unspecified atom stereocenters. The number of methoxy groups -OCH3 is 1. The lowest BCUT2D eigenvalue weighted by atomic mass is 10.1. The molecule has 1 aliphatic heterocycles. The molecule has 1 N–H and O–H groups in total. The fourth-order valence-electron chi connectivity index (χ4n) is 2.83. The van der Waals surface area contributed by atoms with Gasteiger partial charge in [-0.2, -0.15) is 17.5 Å². The number of hydrogen-bond acceptors (Lipinski definition) is 5. The van der Waals surface area contributed by atoms with E-state index >= 15 is 0 Å². The third kappa shape index (κ3) is 4.13. The molecular formula is C15H19F3N2O4S. The molecule has 0 saturated carbocycles. The number of carbonyl (C=O) groups is 1. The highest BCUT2D eigenvalue weighted by atomic mass is 32.2. The molecule has 1 atom stereocenters. The van der Waals surface area contributed by atoms with E-state index in [0.717, 1.165) is 19.2 Å². The lowest BCUT2D eigenvalue weighted by Crippen LogP contribution is -2.31. The number of hydrogen-bond donors (Lipinski definition) is 1. The number of nitrogens with one attached hydrogen (secondary N) is 1. The Morgan fingerprint density at radius 3 is 2.64 bits per heavy atom. The van der Waals surface area contributed by atoms with Crippen LogP contribution >= 0.6 is 0 Å². The van der Waals surface area contributed by atoms with E-state index in [2.05, 4.69) is 10.1 Å². The van der Waals surface area contributed by atoms with Gasteiger partial charge in [-0.25, -0.2) is 13.2 Å². The summed E-state index contributed by atoms with van der Waals surface area (Å²) in [6, 6.07) is 2.33. The highest BCUT2D eigenvalue weighted by Crippen LogP contribution is 2.35. The van der Waals surface area contributed by atoms with E-state index in [1.807, 2.05) is 0 Å². The second-order valence-electron chi connectivity index (χ2n) is 5.77. The molecule has 1 aromatic rings. The first-order valence-electron chi connectivity index (χ1n) is 7.55. The van der Waals surface area contributed by atoms with Crippen LogP contribution in [-0.2, 0) is 20.9 Å². The van der Waals surface area contributed by atoms with Crippen molar-refractivity contribution in [1.29, 1.82) is 0 Å². The lowest BCUT2D eigenvalue weighted by molar-refractivity contribution is -0.138. The molecule has 1 aromatic carbocycles. The average Bonchev–Trinajstić information content (AvgIpc) is 3.02. The SMILES string of the molecule is CNCC1CCN(S(=O)(=O)c2ccc(C(=O)OC)c(C(F)(F)F)c2)C1. The summed E-state index contributed by atoms with van der Waals surface area (Å²) >= 11 is 0. The lowest BCUT2D eigenvalue weighted by Gasteiger charge is -2.19. The van der Waals surface area contributed by atoms with Crippen LogP contribution in [0.4, 0.5) is 13.2 Å². The van der Waals surface area contributed by atoms with Gasteiger partial charge in [0.25, 0.3) is 0 Å². The quantitative estimate of drug-likeness (QED) is 0.788. The number of ether oxygens (including phenoxy) is 1. The minimum absolute atomic E-state index is 0.108. The Labute approximate surface area is 144 Å². The molecule has 0 bridgehead atoms. The van der Waals surface area contributed by atoms with Crippen molar-refractivity contribution < 1.29 is 31.1 Å². The van der Waals surface area contributed by atoms with Gasteiger partial charge < -0.3 is 10.1 Å². The van der Waals surface area contributed by atoms with E-state index in [9.17, 15) is 26.4 Å². The van der Waals surface area contributed by atoms with Gasteiger partial charge in [0.15, 0.2) is 0 Å². The van der Waals surface area contributed by atoms with Crippen LogP contribution in [0.25, 0.3) is 0 Å². The van der Waals surface area contributed by atoms with E-state index in [-0.39, 0.29) is 19.0 Å². The Morgan fingerprint density at radius 1 is 1.40 bits per heavy atom. The summed E-state index contributed by atoms with van der Waals surface area (Å²) in [4.78, 5) is 11.0. The number of rotatable bonds is 5. The largest absolute Gasteiger partial charge is 0.465 e. The topological polar surface area (TPSA) is 75.7 Å². The molecule has 0 amide bonds. The van der Waals surface area contributed by atoms with Crippen molar-refractivity contribution in [2.24, 2.45) is 5.92 Å². The highest BCUT2D eigenvalue weighted by Gasteiger charge is 2.38. The molecule has 0 aliphatic carbocycles. The highest BCUT2D eigenvalue weighted by molar-refractivity contribution is 7.89. The Hall–Kier alpha value is -1.65. The average molecular weight is 380 g/mol. The molecule has 25 heavy (non-hydrogen) atoms. The summed E-state index contributed by atoms with van der Waals surface area (Å²) in [6.45, 7) is 1.11. The third-order valence-electron chi connectivity index (χ3n) is 4.08. The fourth-order valence-corrected chi connectivity index (χ4v) is 4.38. The molecule has 1 saturated heterocycles. The summed E-state index contributed by atoms with van der Waals surface area (Å²) in [7, 11) is -1.36. The zero-order chi connectivity index (χ0) is 18.8. The van der Waals surface area contributed by atoms with Gasteiger partial charge in [-0.1, -0.05) is 0 Å². The second-order valence-corrected chi connectivity index (χ2v) is 7.71. The maximum absolute atomic E-state index is 13.2. The van der Waals surface area contributed by atoms with Gasteiger partial charge in [-0.05, 0) is 44.1 Å². The predicted molar refractivity (Wildman–Crippen MR) is 83.6 cm³/mol. The van der Waals surface area contributed by atoms with Crippen LogP contribution in [0.3, 0.4) is 0 Å². The van der Waals surface area contributed by atoms with Crippen LogP contribution in [0.15, 0.2) is 23.1 Å². The Morgan fingerprint density at radius 2 is 2.08 bits per heavy atom. The monoisotopic (exact) mass is 380 g/mol. The Kier molecular flexibility index (Phi) is 5.75. The molecule has 140 valence electrons. The predicted octanol–water partition coefficient (Wildman–Crippen LogP) is 1.72. The first kappa shape index (κ1) is 19.7. The maximum atomic E-state index is 13.2. The molecule has 6 nitrogen and oxygen atoms in total. The van der Waals surface area contributed by atoms with Gasteiger partial charge in [0.2, 0.25) is 10.0 Å². The van der Waals surface area contributed by atoms with E-state index in [1.54, 1.807) is 7.05 Å². The molecule has 1 heterocycles. The number of alkyl halides is 3. The number of benzene rings is 1. The molecule has 10 heteroatoms. The second kappa shape index (κ2) is 7.30. The zero-order valence-corrected chi connectivity index (χ0v) is 14.6. The van der Waals surface area contributed by atoms with Crippen LogP contribution in [0, 0.1) is 5.92 Å². The standard InChI is InChI=1S/C15H19F3N2O4S/c1-19-8-10-5-6-20(9-10)25(22,23)11-3-4-12(14(21)24-2)13(7-11)15(16,17)18/h3-4,7,10,19H,5-6,8-9H2,1-2H3. The fraction of sp³-hybridized carbons (Fsp3) is 0.533. The smallest absolute Gasteiger partial charge is 0.417 e. The van der Waals surface area contributed by atoms with Crippen molar-refractivity contribution in [3.05, 3.63) is 29.3 Å². The van der Waals surface area contributed by atoms with Gasteiger partial charge in [0, 0.05) is 13.1 Å². The van der Waals surface area contributed by atoms with Crippen molar-refractivity contribution in [3.63, 3.8) is 0 Å². The molecule has 1 fully saturated rings. The van der Waals surface area contributed by atoms with E-state index in [4.69, 9.17) is 0 Å². The molecule has 1 aliphatic rings. The van der Waals surface area contributed by atoms with Gasteiger partial charge in [0.05, 0.1) is 23.1 Å². The molecule has 0 aromatic heterocycles. The summed E-state index contributed by atoms with van der Waals surface area (Å²) in [6.07, 6.45) is -4.25. The molecule has 0 spiro atoms. The van der Waals surface area contributed by atoms with E-state index in [0.29, 0.717) is 19.0 Å². The molecule has 0 radical (unpaired) electrons. The van der Waals surface area contributed by atoms with Crippen molar-refractivity contribution in [2.45, 2.75) is 17.5 Å². The summed E-state index contributed by atoms with van der Waals surface area (Å²) < 4.78 is 70.5. The van der Waals surface area contributed by atoms with Crippen molar-refractivity contribution in [1.82, 2.24) is 9.62 Å². The van der Waals surface area contributed by atoms with E-state index < -0.39 is 38.2 Å². The van der Waals surface area contributed by atoms with Crippen LogP contribution in [0.2, 0.25) is 0 Å². The maximum Gasteiger partial charge on any atom is 0.417 e. The summed E-state index contributed by atoms with van der Waals surface area (Å²) in [5.41, 5.74) is -2.05. The summed E-state index contributed by atoms with van der Waals surface area (Å²) in [5, 5.41) is 2.96.